The zero-order chi connectivity index (χ0) is 17.8. The largest absolute Gasteiger partial charge is 0.378 e. The third kappa shape index (κ3) is 3.97. The number of aromatic nitrogens is 1. The smallest absolute Gasteiger partial charge is 0.257 e. The highest BCUT2D eigenvalue weighted by atomic mass is 19.2. The lowest BCUT2D eigenvalue weighted by molar-refractivity contribution is 0.0302. The van der Waals surface area contributed by atoms with Crippen molar-refractivity contribution in [1.29, 1.82) is 0 Å². The van der Waals surface area contributed by atoms with Crippen LogP contribution in [0.5, 0.6) is 0 Å². The van der Waals surface area contributed by atoms with Gasteiger partial charge in [-0.1, -0.05) is 0 Å². The van der Waals surface area contributed by atoms with E-state index in [0.29, 0.717) is 26.3 Å². The topological polar surface area (TPSA) is 71.5 Å². The highest BCUT2D eigenvalue weighted by Gasteiger charge is 2.20. The highest BCUT2D eigenvalue weighted by Crippen LogP contribution is 2.15. The Morgan fingerprint density at radius 2 is 1.76 bits per heavy atom. The van der Waals surface area contributed by atoms with Crippen LogP contribution in [0.15, 0.2) is 36.7 Å². The molecular formula is C17H15F2N3O3. The van der Waals surface area contributed by atoms with Crippen LogP contribution >= 0.6 is 0 Å². The Bertz CT molecular complexity index is 807. The highest BCUT2D eigenvalue weighted by molar-refractivity contribution is 6.05. The number of hydrogen-bond donors (Lipinski definition) is 1. The molecule has 8 heteroatoms. The van der Waals surface area contributed by atoms with Crippen LogP contribution < -0.4 is 5.32 Å². The van der Waals surface area contributed by atoms with Gasteiger partial charge in [-0.3, -0.25) is 14.6 Å². The van der Waals surface area contributed by atoms with Crippen LogP contribution in [0.3, 0.4) is 0 Å². The fraction of sp³-hybridized carbons (Fsp3) is 0.235. The van der Waals surface area contributed by atoms with Crippen molar-refractivity contribution in [2.75, 3.05) is 31.6 Å². The van der Waals surface area contributed by atoms with E-state index in [4.69, 9.17) is 4.74 Å². The summed E-state index contributed by atoms with van der Waals surface area (Å²) in [6, 6.07) is 4.46. The van der Waals surface area contributed by atoms with E-state index >= 15 is 0 Å². The average Bonchev–Trinajstić information content (AvgIpc) is 2.65. The van der Waals surface area contributed by atoms with Crippen molar-refractivity contribution in [3.63, 3.8) is 0 Å². The molecule has 6 nitrogen and oxygen atoms in total. The zero-order valence-corrected chi connectivity index (χ0v) is 13.2. The normalized spacial score (nSPS) is 14.2. The molecule has 25 heavy (non-hydrogen) atoms. The number of halogens is 2. The summed E-state index contributed by atoms with van der Waals surface area (Å²) in [4.78, 5) is 30.2. The monoisotopic (exact) mass is 347 g/mol. The maximum atomic E-state index is 13.2. The number of ether oxygens (including phenoxy) is 1. The van der Waals surface area contributed by atoms with Gasteiger partial charge < -0.3 is 15.0 Å². The summed E-state index contributed by atoms with van der Waals surface area (Å²) >= 11 is 0. The predicted molar refractivity (Wildman–Crippen MR) is 85.3 cm³/mol. The molecule has 1 aromatic carbocycles. The maximum absolute atomic E-state index is 13.2. The number of carbonyl (C=O) groups excluding carboxylic acids is 2. The number of morpholine rings is 1. The second-order valence-electron chi connectivity index (χ2n) is 5.45. The third-order valence-electron chi connectivity index (χ3n) is 3.72. The van der Waals surface area contributed by atoms with Gasteiger partial charge in [0, 0.05) is 37.2 Å². The third-order valence-corrected chi connectivity index (χ3v) is 3.72. The van der Waals surface area contributed by atoms with E-state index in [2.05, 4.69) is 10.3 Å². The van der Waals surface area contributed by atoms with E-state index in [-0.39, 0.29) is 22.7 Å². The zero-order valence-electron chi connectivity index (χ0n) is 13.2. The fourth-order valence-electron chi connectivity index (χ4n) is 2.41. The summed E-state index contributed by atoms with van der Waals surface area (Å²) in [6.45, 7) is 1.89. The molecule has 0 unspecified atom stereocenters. The Morgan fingerprint density at radius 1 is 1.04 bits per heavy atom. The number of anilines is 1. The number of amides is 2. The standard InChI is InChI=1S/C17H15F2N3O3/c18-14-2-1-13(8-15(14)19)21-16(23)11-7-12(10-20-9-11)17(24)22-3-5-25-6-4-22/h1-2,7-10H,3-6H2,(H,21,23). The van der Waals surface area contributed by atoms with Gasteiger partial charge in [0.15, 0.2) is 11.6 Å². The predicted octanol–water partition coefficient (Wildman–Crippen LogP) is 2.08. The molecular weight excluding hydrogens is 332 g/mol. The van der Waals surface area contributed by atoms with Crippen LogP contribution in [0.2, 0.25) is 0 Å². The molecule has 1 saturated heterocycles. The van der Waals surface area contributed by atoms with Crippen LogP contribution in [0.1, 0.15) is 20.7 Å². The number of nitrogens with zero attached hydrogens (tertiary/aromatic N) is 2. The van der Waals surface area contributed by atoms with Gasteiger partial charge in [0.2, 0.25) is 0 Å². The molecule has 3 rings (SSSR count). The molecule has 2 aromatic rings. The number of benzene rings is 1. The summed E-state index contributed by atoms with van der Waals surface area (Å²) in [5, 5.41) is 2.44. The molecule has 1 fully saturated rings. The molecule has 0 aliphatic carbocycles. The summed E-state index contributed by atoms with van der Waals surface area (Å²) in [5.74, 6) is -2.88. The van der Waals surface area contributed by atoms with Crippen LogP contribution in [-0.4, -0.2) is 48.0 Å². The summed E-state index contributed by atoms with van der Waals surface area (Å²) < 4.78 is 31.3. The van der Waals surface area contributed by atoms with Crippen molar-refractivity contribution < 1.29 is 23.1 Å². The first-order valence-electron chi connectivity index (χ1n) is 7.63. The lowest BCUT2D eigenvalue weighted by atomic mass is 10.1. The molecule has 0 saturated carbocycles. The van der Waals surface area contributed by atoms with Crippen LogP contribution in [0, 0.1) is 11.6 Å². The van der Waals surface area contributed by atoms with Gasteiger partial charge >= 0.3 is 0 Å². The Hall–Kier alpha value is -2.87. The van der Waals surface area contributed by atoms with Crippen LogP contribution in [0.4, 0.5) is 14.5 Å². The first-order valence-corrected chi connectivity index (χ1v) is 7.63. The molecule has 0 bridgehead atoms. The summed E-state index contributed by atoms with van der Waals surface area (Å²) in [6.07, 6.45) is 2.68. The SMILES string of the molecule is O=C(Nc1ccc(F)c(F)c1)c1cncc(C(=O)N2CCOCC2)c1. The Morgan fingerprint density at radius 3 is 2.48 bits per heavy atom. The minimum atomic E-state index is -1.06. The van der Waals surface area contributed by atoms with Gasteiger partial charge in [-0.05, 0) is 18.2 Å². The van der Waals surface area contributed by atoms with Gasteiger partial charge in [-0.15, -0.1) is 0 Å². The summed E-state index contributed by atoms with van der Waals surface area (Å²) in [7, 11) is 0. The molecule has 1 aliphatic rings. The second kappa shape index (κ2) is 7.35. The van der Waals surface area contributed by atoms with Gasteiger partial charge in [-0.2, -0.15) is 0 Å². The molecule has 2 amide bonds. The quantitative estimate of drug-likeness (QED) is 0.923. The molecule has 1 aromatic heterocycles. The van der Waals surface area contributed by atoms with Gasteiger partial charge in [0.25, 0.3) is 11.8 Å². The van der Waals surface area contributed by atoms with Crippen molar-refractivity contribution in [3.8, 4) is 0 Å². The number of rotatable bonds is 3. The molecule has 0 atom stereocenters. The van der Waals surface area contributed by atoms with Crippen molar-refractivity contribution in [2.24, 2.45) is 0 Å². The number of pyridine rings is 1. The minimum Gasteiger partial charge on any atom is -0.378 e. The molecule has 1 aliphatic heterocycles. The Labute approximate surface area is 142 Å². The first-order chi connectivity index (χ1) is 12.0. The van der Waals surface area contributed by atoms with E-state index in [1.165, 1.54) is 24.5 Å². The van der Waals surface area contributed by atoms with Crippen molar-refractivity contribution >= 4 is 17.5 Å². The second-order valence-corrected chi connectivity index (χ2v) is 5.45. The number of hydrogen-bond acceptors (Lipinski definition) is 4. The van der Waals surface area contributed by atoms with E-state index in [0.717, 1.165) is 12.1 Å². The molecule has 0 spiro atoms. The van der Waals surface area contributed by atoms with Crippen LogP contribution in [0.25, 0.3) is 0 Å². The summed E-state index contributed by atoms with van der Waals surface area (Å²) in [5.41, 5.74) is 0.525. The molecule has 1 N–H and O–H groups in total. The molecule has 2 heterocycles. The van der Waals surface area contributed by atoms with Gasteiger partial charge in [0.1, 0.15) is 0 Å². The van der Waals surface area contributed by atoms with E-state index in [1.807, 2.05) is 0 Å². The fourth-order valence-corrected chi connectivity index (χ4v) is 2.41. The Kier molecular flexibility index (Phi) is 4.99. The molecule has 0 radical (unpaired) electrons. The average molecular weight is 347 g/mol. The van der Waals surface area contributed by atoms with Crippen molar-refractivity contribution in [1.82, 2.24) is 9.88 Å². The van der Waals surface area contributed by atoms with E-state index < -0.39 is 17.5 Å². The lowest BCUT2D eigenvalue weighted by Gasteiger charge is -2.26. The maximum Gasteiger partial charge on any atom is 0.257 e. The Balaban J connectivity index is 1.74. The lowest BCUT2D eigenvalue weighted by Crippen LogP contribution is -2.40. The minimum absolute atomic E-state index is 0.105. The van der Waals surface area contributed by atoms with E-state index in [9.17, 15) is 18.4 Å². The van der Waals surface area contributed by atoms with Crippen LogP contribution in [-0.2, 0) is 4.74 Å². The number of carbonyl (C=O) groups is 2. The van der Waals surface area contributed by atoms with E-state index in [1.54, 1.807) is 4.90 Å². The van der Waals surface area contributed by atoms with Gasteiger partial charge in [0.05, 0.1) is 24.3 Å². The van der Waals surface area contributed by atoms with Crippen molar-refractivity contribution in [3.05, 3.63) is 59.4 Å². The van der Waals surface area contributed by atoms with Gasteiger partial charge in [-0.25, -0.2) is 8.78 Å². The number of nitrogens with one attached hydrogen (secondary N) is 1. The molecule has 130 valence electrons. The first kappa shape index (κ1) is 17.0. The van der Waals surface area contributed by atoms with Crippen molar-refractivity contribution in [2.45, 2.75) is 0 Å².